The van der Waals surface area contributed by atoms with Gasteiger partial charge in [0.25, 0.3) is 0 Å². The Morgan fingerprint density at radius 1 is 1.25 bits per heavy atom. The summed E-state index contributed by atoms with van der Waals surface area (Å²) in [6.07, 6.45) is 5.55. The van der Waals surface area contributed by atoms with E-state index in [1.54, 1.807) is 0 Å². The number of ether oxygens (including phenoxy) is 1. The molecule has 0 aliphatic carbocycles. The SMILES string of the molecule is CCCC1OC(CC(C)(C)C)CNC1CC. The minimum Gasteiger partial charge on any atom is -0.372 e. The van der Waals surface area contributed by atoms with Gasteiger partial charge in [-0.3, -0.25) is 0 Å². The topological polar surface area (TPSA) is 21.3 Å². The van der Waals surface area contributed by atoms with E-state index in [4.69, 9.17) is 4.74 Å². The van der Waals surface area contributed by atoms with Gasteiger partial charge in [-0.15, -0.1) is 0 Å². The number of hydrogen-bond acceptors (Lipinski definition) is 2. The standard InChI is InChI=1S/C14H29NO/c1-6-8-13-12(7-2)15-10-11(16-13)9-14(3,4)5/h11-13,15H,6-10H2,1-5H3. The van der Waals surface area contributed by atoms with Crippen molar-refractivity contribution in [2.24, 2.45) is 5.41 Å². The second-order valence-electron chi connectivity index (χ2n) is 6.27. The van der Waals surface area contributed by atoms with Gasteiger partial charge in [-0.1, -0.05) is 41.0 Å². The largest absolute Gasteiger partial charge is 0.372 e. The zero-order chi connectivity index (χ0) is 12.2. The molecule has 2 nitrogen and oxygen atoms in total. The maximum atomic E-state index is 6.24. The van der Waals surface area contributed by atoms with Gasteiger partial charge in [0.05, 0.1) is 12.2 Å². The van der Waals surface area contributed by atoms with Gasteiger partial charge < -0.3 is 10.1 Å². The summed E-state index contributed by atoms with van der Waals surface area (Å²) in [5.74, 6) is 0. The average Bonchev–Trinajstić information content (AvgIpc) is 2.16. The van der Waals surface area contributed by atoms with E-state index in [9.17, 15) is 0 Å². The van der Waals surface area contributed by atoms with Crippen LogP contribution in [0.25, 0.3) is 0 Å². The second kappa shape index (κ2) is 6.02. The number of hydrogen-bond donors (Lipinski definition) is 1. The van der Waals surface area contributed by atoms with Crippen LogP contribution in [0.4, 0.5) is 0 Å². The third-order valence-corrected chi connectivity index (χ3v) is 3.28. The van der Waals surface area contributed by atoms with Crippen LogP contribution in [0.15, 0.2) is 0 Å². The smallest absolute Gasteiger partial charge is 0.0732 e. The van der Waals surface area contributed by atoms with Crippen LogP contribution in [-0.2, 0) is 4.74 Å². The van der Waals surface area contributed by atoms with Crippen LogP contribution >= 0.6 is 0 Å². The summed E-state index contributed by atoms with van der Waals surface area (Å²) in [6, 6.07) is 0.566. The lowest BCUT2D eigenvalue weighted by Crippen LogP contribution is -2.52. The van der Waals surface area contributed by atoms with E-state index in [-0.39, 0.29) is 0 Å². The van der Waals surface area contributed by atoms with Crippen molar-refractivity contribution in [3.8, 4) is 0 Å². The zero-order valence-corrected chi connectivity index (χ0v) is 11.7. The molecule has 1 N–H and O–H groups in total. The van der Waals surface area contributed by atoms with Crippen LogP contribution in [0.3, 0.4) is 0 Å². The Labute approximate surface area is 101 Å². The fourth-order valence-corrected chi connectivity index (χ4v) is 2.57. The van der Waals surface area contributed by atoms with E-state index >= 15 is 0 Å². The third kappa shape index (κ3) is 4.42. The van der Waals surface area contributed by atoms with E-state index in [2.05, 4.69) is 39.9 Å². The molecule has 0 aromatic heterocycles. The highest BCUT2D eigenvalue weighted by atomic mass is 16.5. The minimum absolute atomic E-state index is 0.363. The molecule has 0 amide bonds. The van der Waals surface area contributed by atoms with E-state index in [1.165, 1.54) is 19.3 Å². The summed E-state index contributed by atoms with van der Waals surface area (Å²) in [6.45, 7) is 12.4. The molecule has 0 radical (unpaired) electrons. The first kappa shape index (κ1) is 14.0. The summed E-state index contributed by atoms with van der Waals surface area (Å²) < 4.78 is 6.24. The Hall–Kier alpha value is -0.0800. The molecule has 3 unspecified atom stereocenters. The van der Waals surface area contributed by atoms with Crippen LogP contribution < -0.4 is 5.32 Å². The van der Waals surface area contributed by atoms with Crippen molar-refractivity contribution in [2.75, 3.05) is 6.54 Å². The molecule has 16 heavy (non-hydrogen) atoms. The van der Waals surface area contributed by atoms with Gasteiger partial charge in [-0.05, 0) is 24.7 Å². The molecule has 1 rings (SSSR count). The normalized spacial score (nSPS) is 31.7. The van der Waals surface area contributed by atoms with Crippen molar-refractivity contribution < 1.29 is 4.74 Å². The van der Waals surface area contributed by atoms with Crippen LogP contribution in [0.5, 0.6) is 0 Å². The molecule has 1 fully saturated rings. The lowest BCUT2D eigenvalue weighted by atomic mass is 9.88. The number of rotatable bonds is 4. The number of nitrogens with one attached hydrogen (secondary N) is 1. The second-order valence-corrected chi connectivity index (χ2v) is 6.27. The Kier molecular flexibility index (Phi) is 5.26. The molecule has 0 saturated carbocycles. The molecule has 1 aliphatic rings. The summed E-state index contributed by atoms with van der Waals surface area (Å²) >= 11 is 0. The fourth-order valence-electron chi connectivity index (χ4n) is 2.57. The quantitative estimate of drug-likeness (QED) is 0.795. The van der Waals surface area contributed by atoms with Gasteiger partial charge in [0.2, 0.25) is 0 Å². The van der Waals surface area contributed by atoms with Gasteiger partial charge in [0.1, 0.15) is 0 Å². The number of morpholine rings is 1. The maximum Gasteiger partial charge on any atom is 0.0732 e. The van der Waals surface area contributed by atoms with E-state index in [0.717, 1.165) is 13.0 Å². The molecule has 2 heteroatoms. The first-order chi connectivity index (χ1) is 7.46. The van der Waals surface area contributed by atoms with Crippen LogP contribution in [0, 0.1) is 5.41 Å². The molecule has 0 spiro atoms. The Morgan fingerprint density at radius 2 is 1.94 bits per heavy atom. The predicted molar refractivity (Wildman–Crippen MR) is 69.7 cm³/mol. The highest BCUT2D eigenvalue weighted by Crippen LogP contribution is 2.26. The lowest BCUT2D eigenvalue weighted by Gasteiger charge is -2.39. The van der Waals surface area contributed by atoms with Crippen molar-refractivity contribution in [1.29, 1.82) is 0 Å². The van der Waals surface area contributed by atoms with Crippen molar-refractivity contribution in [3.63, 3.8) is 0 Å². The molecular formula is C14H29NO. The zero-order valence-electron chi connectivity index (χ0n) is 11.7. The lowest BCUT2D eigenvalue weighted by molar-refractivity contribution is -0.0805. The first-order valence-electron chi connectivity index (χ1n) is 6.85. The Balaban J connectivity index is 2.48. The van der Waals surface area contributed by atoms with E-state index < -0.39 is 0 Å². The molecule has 1 aliphatic heterocycles. The Morgan fingerprint density at radius 3 is 2.44 bits per heavy atom. The molecular weight excluding hydrogens is 198 g/mol. The monoisotopic (exact) mass is 227 g/mol. The molecule has 1 saturated heterocycles. The van der Waals surface area contributed by atoms with Gasteiger partial charge >= 0.3 is 0 Å². The average molecular weight is 227 g/mol. The van der Waals surface area contributed by atoms with E-state index in [0.29, 0.717) is 23.7 Å². The van der Waals surface area contributed by atoms with Crippen molar-refractivity contribution in [2.45, 2.75) is 78.6 Å². The molecule has 3 atom stereocenters. The fraction of sp³-hybridized carbons (Fsp3) is 1.00. The highest BCUT2D eigenvalue weighted by molar-refractivity contribution is 4.85. The van der Waals surface area contributed by atoms with Crippen molar-refractivity contribution in [3.05, 3.63) is 0 Å². The van der Waals surface area contributed by atoms with Gasteiger partial charge in [-0.2, -0.15) is 0 Å². The molecule has 1 heterocycles. The van der Waals surface area contributed by atoms with Gasteiger partial charge in [0.15, 0.2) is 0 Å². The van der Waals surface area contributed by atoms with Gasteiger partial charge in [-0.25, -0.2) is 0 Å². The van der Waals surface area contributed by atoms with Crippen LogP contribution in [0.2, 0.25) is 0 Å². The minimum atomic E-state index is 0.363. The van der Waals surface area contributed by atoms with Crippen LogP contribution in [0.1, 0.15) is 60.3 Å². The first-order valence-corrected chi connectivity index (χ1v) is 6.85. The molecule has 0 aromatic rings. The molecule has 96 valence electrons. The maximum absolute atomic E-state index is 6.24. The van der Waals surface area contributed by atoms with Gasteiger partial charge in [0, 0.05) is 12.6 Å². The summed E-state index contributed by atoms with van der Waals surface area (Å²) in [4.78, 5) is 0. The van der Waals surface area contributed by atoms with Crippen molar-refractivity contribution >= 4 is 0 Å². The highest BCUT2D eigenvalue weighted by Gasteiger charge is 2.31. The summed E-state index contributed by atoms with van der Waals surface area (Å²) in [5.41, 5.74) is 0.363. The molecule has 0 bridgehead atoms. The summed E-state index contributed by atoms with van der Waals surface area (Å²) in [7, 11) is 0. The predicted octanol–water partition coefficient (Wildman–Crippen LogP) is 3.36. The summed E-state index contributed by atoms with van der Waals surface area (Å²) in [5, 5.41) is 3.65. The molecule has 0 aromatic carbocycles. The van der Waals surface area contributed by atoms with Crippen molar-refractivity contribution in [1.82, 2.24) is 5.32 Å². The van der Waals surface area contributed by atoms with Crippen LogP contribution in [-0.4, -0.2) is 24.8 Å². The van der Waals surface area contributed by atoms with E-state index in [1.807, 2.05) is 0 Å². The Bertz CT molecular complexity index is 197. The third-order valence-electron chi connectivity index (χ3n) is 3.28.